The first-order valence-electron chi connectivity index (χ1n) is 6.03. The smallest absolute Gasteiger partial charge is 0.306 e. The Morgan fingerprint density at radius 1 is 1.33 bits per heavy atom. The zero-order valence-corrected chi connectivity index (χ0v) is 9.87. The standard InChI is InChI=1S/C13H22O2/c1-11(2)10-13(14)15-12-8-6-4-3-5-7-9-12/h3-4,11-12H,5-10H2,1-2H3. The molecule has 0 saturated carbocycles. The third kappa shape index (κ3) is 5.60. The van der Waals surface area contributed by atoms with Gasteiger partial charge in [-0.15, -0.1) is 0 Å². The molecule has 2 nitrogen and oxygen atoms in total. The van der Waals surface area contributed by atoms with Gasteiger partial charge in [-0.05, 0) is 38.0 Å². The Morgan fingerprint density at radius 3 is 2.80 bits per heavy atom. The van der Waals surface area contributed by atoms with Crippen LogP contribution in [0.2, 0.25) is 0 Å². The van der Waals surface area contributed by atoms with E-state index in [4.69, 9.17) is 4.74 Å². The normalized spacial score (nSPS) is 22.2. The van der Waals surface area contributed by atoms with Gasteiger partial charge in [0.2, 0.25) is 0 Å². The average molecular weight is 210 g/mol. The fourth-order valence-electron chi connectivity index (χ4n) is 1.81. The Balaban J connectivity index is 2.29. The third-order valence-corrected chi connectivity index (χ3v) is 2.59. The van der Waals surface area contributed by atoms with E-state index >= 15 is 0 Å². The topological polar surface area (TPSA) is 26.3 Å². The summed E-state index contributed by atoms with van der Waals surface area (Å²) < 4.78 is 5.46. The molecule has 1 unspecified atom stereocenters. The first-order chi connectivity index (χ1) is 7.18. The van der Waals surface area contributed by atoms with Crippen LogP contribution in [0.15, 0.2) is 12.2 Å². The molecule has 0 N–H and O–H groups in total. The van der Waals surface area contributed by atoms with Crippen molar-refractivity contribution in [1.29, 1.82) is 0 Å². The molecule has 0 heterocycles. The summed E-state index contributed by atoms with van der Waals surface area (Å²) in [6, 6.07) is 0. The molecule has 0 aromatic carbocycles. The van der Waals surface area contributed by atoms with E-state index in [2.05, 4.69) is 12.2 Å². The van der Waals surface area contributed by atoms with Crippen LogP contribution < -0.4 is 0 Å². The minimum Gasteiger partial charge on any atom is -0.462 e. The van der Waals surface area contributed by atoms with Crippen LogP contribution in [-0.4, -0.2) is 12.1 Å². The van der Waals surface area contributed by atoms with E-state index in [-0.39, 0.29) is 12.1 Å². The molecule has 86 valence electrons. The molecular formula is C13H22O2. The minimum absolute atomic E-state index is 0.0282. The summed E-state index contributed by atoms with van der Waals surface area (Å²) in [6.07, 6.45) is 10.4. The van der Waals surface area contributed by atoms with Crippen molar-refractivity contribution in [2.24, 2.45) is 5.92 Å². The lowest BCUT2D eigenvalue weighted by atomic mass is 10.0. The van der Waals surface area contributed by atoms with Gasteiger partial charge >= 0.3 is 5.97 Å². The van der Waals surface area contributed by atoms with Crippen LogP contribution in [0.1, 0.15) is 52.4 Å². The van der Waals surface area contributed by atoms with Crippen molar-refractivity contribution in [2.75, 3.05) is 0 Å². The monoisotopic (exact) mass is 210 g/mol. The van der Waals surface area contributed by atoms with Crippen LogP contribution in [-0.2, 0) is 9.53 Å². The van der Waals surface area contributed by atoms with Crippen molar-refractivity contribution in [3.63, 3.8) is 0 Å². The van der Waals surface area contributed by atoms with Gasteiger partial charge in [0.05, 0.1) is 0 Å². The molecule has 15 heavy (non-hydrogen) atoms. The van der Waals surface area contributed by atoms with Crippen molar-refractivity contribution in [1.82, 2.24) is 0 Å². The second-order valence-corrected chi connectivity index (χ2v) is 4.69. The summed E-state index contributed by atoms with van der Waals surface area (Å²) in [5.41, 5.74) is 0. The number of carbonyl (C=O) groups is 1. The Labute approximate surface area is 92.7 Å². The molecule has 0 radical (unpaired) electrons. The maximum atomic E-state index is 11.5. The van der Waals surface area contributed by atoms with Crippen LogP contribution in [0.4, 0.5) is 0 Å². The van der Waals surface area contributed by atoms with Crippen molar-refractivity contribution in [3.05, 3.63) is 12.2 Å². The van der Waals surface area contributed by atoms with Crippen LogP contribution in [0.5, 0.6) is 0 Å². The number of hydrogen-bond donors (Lipinski definition) is 0. The molecular weight excluding hydrogens is 188 g/mol. The highest BCUT2D eigenvalue weighted by Crippen LogP contribution is 2.16. The van der Waals surface area contributed by atoms with Gasteiger partial charge < -0.3 is 4.74 Å². The van der Waals surface area contributed by atoms with Gasteiger partial charge in [0.15, 0.2) is 0 Å². The molecule has 2 heteroatoms. The highest BCUT2D eigenvalue weighted by atomic mass is 16.5. The summed E-state index contributed by atoms with van der Waals surface area (Å²) in [5.74, 6) is 0.366. The SMILES string of the molecule is CC(C)CC(=O)OC1CCC=CCCC1. The Morgan fingerprint density at radius 2 is 2.07 bits per heavy atom. The van der Waals surface area contributed by atoms with Crippen LogP contribution in [0.25, 0.3) is 0 Å². The summed E-state index contributed by atoms with van der Waals surface area (Å²) in [5, 5.41) is 0. The highest BCUT2D eigenvalue weighted by Gasteiger charge is 2.15. The molecule has 0 bridgehead atoms. The van der Waals surface area contributed by atoms with Gasteiger partial charge in [-0.25, -0.2) is 0 Å². The van der Waals surface area contributed by atoms with Crippen molar-refractivity contribution < 1.29 is 9.53 Å². The van der Waals surface area contributed by atoms with E-state index in [1.54, 1.807) is 0 Å². The van der Waals surface area contributed by atoms with E-state index in [1.807, 2.05) is 13.8 Å². The molecule has 0 fully saturated rings. The summed E-state index contributed by atoms with van der Waals surface area (Å²) in [6.45, 7) is 4.09. The molecule has 0 aromatic heterocycles. The fourth-order valence-corrected chi connectivity index (χ4v) is 1.81. The van der Waals surface area contributed by atoms with Crippen LogP contribution in [0, 0.1) is 5.92 Å². The zero-order chi connectivity index (χ0) is 11.1. The van der Waals surface area contributed by atoms with Gasteiger partial charge in [0, 0.05) is 6.42 Å². The second kappa shape index (κ2) is 6.65. The molecule has 1 atom stereocenters. The van der Waals surface area contributed by atoms with Gasteiger partial charge in [-0.1, -0.05) is 26.0 Å². The van der Waals surface area contributed by atoms with E-state index in [0.29, 0.717) is 12.3 Å². The lowest BCUT2D eigenvalue weighted by Gasteiger charge is -2.18. The molecule has 0 aliphatic heterocycles. The van der Waals surface area contributed by atoms with Gasteiger partial charge in [0.25, 0.3) is 0 Å². The van der Waals surface area contributed by atoms with E-state index in [0.717, 1.165) is 32.1 Å². The molecule has 0 amide bonds. The number of rotatable bonds is 3. The summed E-state index contributed by atoms with van der Waals surface area (Å²) in [4.78, 5) is 11.5. The van der Waals surface area contributed by atoms with E-state index < -0.39 is 0 Å². The maximum Gasteiger partial charge on any atom is 0.306 e. The van der Waals surface area contributed by atoms with Crippen molar-refractivity contribution >= 4 is 5.97 Å². The lowest BCUT2D eigenvalue weighted by Crippen LogP contribution is -2.19. The first-order valence-corrected chi connectivity index (χ1v) is 6.03. The number of ether oxygens (including phenoxy) is 1. The number of esters is 1. The molecule has 0 saturated heterocycles. The van der Waals surface area contributed by atoms with E-state index in [1.165, 1.54) is 0 Å². The number of carbonyl (C=O) groups excluding carboxylic acids is 1. The maximum absolute atomic E-state index is 11.5. The largest absolute Gasteiger partial charge is 0.462 e. The van der Waals surface area contributed by atoms with Crippen molar-refractivity contribution in [3.8, 4) is 0 Å². The summed E-state index contributed by atoms with van der Waals surface area (Å²) in [7, 11) is 0. The molecule has 0 aromatic rings. The number of hydrogen-bond acceptors (Lipinski definition) is 2. The molecule has 0 spiro atoms. The Hall–Kier alpha value is -0.790. The second-order valence-electron chi connectivity index (χ2n) is 4.69. The average Bonchev–Trinajstić information content (AvgIpc) is 2.08. The van der Waals surface area contributed by atoms with E-state index in [9.17, 15) is 4.79 Å². The van der Waals surface area contributed by atoms with Crippen LogP contribution in [0.3, 0.4) is 0 Å². The van der Waals surface area contributed by atoms with Crippen molar-refractivity contribution in [2.45, 2.75) is 58.5 Å². The third-order valence-electron chi connectivity index (χ3n) is 2.59. The lowest BCUT2D eigenvalue weighted by molar-refractivity contribution is -0.150. The Kier molecular flexibility index (Phi) is 5.44. The van der Waals surface area contributed by atoms with Gasteiger partial charge in [-0.2, -0.15) is 0 Å². The molecule has 1 aliphatic carbocycles. The predicted octanol–water partition coefficient (Wildman–Crippen LogP) is 3.46. The predicted molar refractivity (Wildman–Crippen MR) is 61.6 cm³/mol. The van der Waals surface area contributed by atoms with Gasteiger partial charge in [-0.3, -0.25) is 4.79 Å². The van der Waals surface area contributed by atoms with Gasteiger partial charge in [0.1, 0.15) is 6.10 Å². The quantitative estimate of drug-likeness (QED) is 0.526. The fraction of sp³-hybridized carbons (Fsp3) is 0.769. The number of allylic oxidation sites excluding steroid dienone is 2. The highest BCUT2D eigenvalue weighted by molar-refractivity contribution is 5.69. The summed E-state index contributed by atoms with van der Waals surface area (Å²) >= 11 is 0. The molecule has 1 aliphatic rings. The minimum atomic E-state index is -0.0282. The van der Waals surface area contributed by atoms with Crippen LogP contribution >= 0.6 is 0 Å². The molecule has 1 rings (SSSR count). The first kappa shape index (κ1) is 12.3. The zero-order valence-electron chi connectivity index (χ0n) is 9.87. The Bertz CT molecular complexity index is 219.